The van der Waals surface area contributed by atoms with Gasteiger partial charge in [-0.15, -0.1) is 35.3 Å². The molecule has 0 amide bonds. The molecule has 1 saturated heterocycles. The molecule has 154 valence electrons. The lowest BCUT2D eigenvalue weighted by Crippen LogP contribution is -2.38. The summed E-state index contributed by atoms with van der Waals surface area (Å²) in [7, 11) is 0. The van der Waals surface area contributed by atoms with Crippen molar-refractivity contribution >= 4 is 47.1 Å². The Labute approximate surface area is 188 Å². The van der Waals surface area contributed by atoms with Crippen LogP contribution in [0.15, 0.2) is 23.3 Å². The third kappa shape index (κ3) is 6.28. The number of aliphatic imine (C=N–C) groups is 1. The van der Waals surface area contributed by atoms with Crippen molar-refractivity contribution in [1.82, 2.24) is 20.6 Å². The van der Waals surface area contributed by atoms with Crippen LogP contribution in [0.4, 0.5) is 5.82 Å². The summed E-state index contributed by atoms with van der Waals surface area (Å²) < 4.78 is 5.46. The SMILES string of the molecule is CCNC(=NCc1cccnc1N1CCOCC1)NCc1sc(C)nc1C.I. The van der Waals surface area contributed by atoms with Crippen LogP contribution in [0.2, 0.25) is 0 Å². The van der Waals surface area contributed by atoms with Gasteiger partial charge in [0, 0.05) is 36.3 Å². The number of morpholine rings is 1. The minimum absolute atomic E-state index is 0. The number of guanidine groups is 1. The number of hydrogen-bond donors (Lipinski definition) is 2. The maximum atomic E-state index is 5.46. The fraction of sp³-hybridized carbons (Fsp3) is 0.526. The molecular formula is C19H29IN6OS. The Balaban J connectivity index is 0.00000280. The summed E-state index contributed by atoms with van der Waals surface area (Å²) in [6, 6.07) is 4.07. The van der Waals surface area contributed by atoms with Crippen LogP contribution in [0.25, 0.3) is 0 Å². The first kappa shape index (κ1) is 22.8. The van der Waals surface area contributed by atoms with Crippen LogP contribution >= 0.6 is 35.3 Å². The van der Waals surface area contributed by atoms with Crippen LogP contribution in [0.1, 0.15) is 28.1 Å². The van der Waals surface area contributed by atoms with Gasteiger partial charge in [0.25, 0.3) is 0 Å². The highest BCUT2D eigenvalue weighted by atomic mass is 127. The van der Waals surface area contributed by atoms with Crippen molar-refractivity contribution in [2.45, 2.75) is 33.9 Å². The van der Waals surface area contributed by atoms with E-state index in [1.165, 1.54) is 4.88 Å². The molecule has 2 N–H and O–H groups in total. The predicted octanol–water partition coefficient (Wildman–Crippen LogP) is 2.86. The van der Waals surface area contributed by atoms with Crippen molar-refractivity contribution in [3.8, 4) is 0 Å². The van der Waals surface area contributed by atoms with Gasteiger partial charge in [-0.3, -0.25) is 0 Å². The predicted molar refractivity (Wildman–Crippen MR) is 126 cm³/mol. The highest BCUT2D eigenvalue weighted by Crippen LogP contribution is 2.19. The molecule has 0 atom stereocenters. The molecule has 3 rings (SSSR count). The van der Waals surface area contributed by atoms with Gasteiger partial charge in [0.2, 0.25) is 0 Å². The standard InChI is InChI=1S/C19H28N6OS.HI/c1-4-20-19(23-13-17-14(2)24-15(3)27-17)22-12-16-6-5-7-21-18(16)25-8-10-26-11-9-25;/h5-7H,4,8-13H2,1-3H3,(H2,20,22,23);1H. The van der Waals surface area contributed by atoms with Gasteiger partial charge in [-0.25, -0.2) is 15.0 Å². The van der Waals surface area contributed by atoms with Crippen molar-refractivity contribution in [1.29, 1.82) is 0 Å². The lowest BCUT2D eigenvalue weighted by Gasteiger charge is -2.29. The number of pyridine rings is 1. The number of thiazole rings is 1. The second-order valence-corrected chi connectivity index (χ2v) is 7.66. The second-order valence-electron chi connectivity index (χ2n) is 6.38. The Bertz CT molecular complexity index is 776. The summed E-state index contributed by atoms with van der Waals surface area (Å²) in [5, 5.41) is 7.83. The van der Waals surface area contributed by atoms with Gasteiger partial charge in [0.05, 0.1) is 37.0 Å². The fourth-order valence-electron chi connectivity index (χ4n) is 3.02. The van der Waals surface area contributed by atoms with Gasteiger partial charge in [-0.2, -0.15) is 0 Å². The van der Waals surface area contributed by atoms with E-state index in [0.717, 1.165) is 67.4 Å². The lowest BCUT2D eigenvalue weighted by atomic mass is 10.2. The molecule has 2 aromatic rings. The van der Waals surface area contributed by atoms with E-state index in [9.17, 15) is 0 Å². The molecule has 1 fully saturated rings. The van der Waals surface area contributed by atoms with Crippen LogP contribution in [-0.4, -0.2) is 48.8 Å². The smallest absolute Gasteiger partial charge is 0.191 e. The van der Waals surface area contributed by atoms with E-state index in [4.69, 9.17) is 9.73 Å². The molecule has 0 radical (unpaired) electrons. The Morgan fingerprint density at radius 2 is 2.07 bits per heavy atom. The topological polar surface area (TPSA) is 74.7 Å². The van der Waals surface area contributed by atoms with Crippen LogP contribution in [0, 0.1) is 13.8 Å². The van der Waals surface area contributed by atoms with Crippen molar-refractivity contribution in [3.05, 3.63) is 39.5 Å². The molecule has 1 aliphatic heterocycles. The normalized spacial score (nSPS) is 14.5. The zero-order valence-corrected chi connectivity index (χ0v) is 19.8. The zero-order chi connectivity index (χ0) is 19.1. The maximum Gasteiger partial charge on any atom is 0.191 e. The van der Waals surface area contributed by atoms with E-state index in [0.29, 0.717) is 6.54 Å². The van der Waals surface area contributed by atoms with Gasteiger partial charge < -0.3 is 20.3 Å². The first-order chi connectivity index (χ1) is 13.2. The maximum absolute atomic E-state index is 5.46. The first-order valence-corrected chi connectivity index (χ1v) is 10.2. The van der Waals surface area contributed by atoms with E-state index in [1.807, 2.05) is 19.2 Å². The molecule has 2 aromatic heterocycles. The highest BCUT2D eigenvalue weighted by Gasteiger charge is 2.15. The van der Waals surface area contributed by atoms with E-state index < -0.39 is 0 Å². The molecule has 0 unspecified atom stereocenters. The van der Waals surface area contributed by atoms with Crippen LogP contribution in [0.3, 0.4) is 0 Å². The Morgan fingerprint density at radius 3 is 2.75 bits per heavy atom. The molecule has 0 bridgehead atoms. The van der Waals surface area contributed by atoms with Gasteiger partial charge >= 0.3 is 0 Å². The van der Waals surface area contributed by atoms with Crippen molar-refractivity contribution < 1.29 is 4.74 Å². The third-order valence-electron chi connectivity index (χ3n) is 4.35. The van der Waals surface area contributed by atoms with Crippen LogP contribution < -0.4 is 15.5 Å². The van der Waals surface area contributed by atoms with Gasteiger partial charge in [-0.05, 0) is 26.8 Å². The van der Waals surface area contributed by atoms with E-state index in [2.05, 4.69) is 45.4 Å². The average molecular weight is 516 g/mol. The molecule has 0 saturated carbocycles. The number of aromatic nitrogens is 2. The number of aryl methyl sites for hydroxylation is 2. The minimum atomic E-state index is 0. The first-order valence-electron chi connectivity index (χ1n) is 9.39. The Hall–Kier alpha value is -1.46. The number of ether oxygens (including phenoxy) is 1. The molecule has 3 heterocycles. The van der Waals surface area contributed by atoms with Gasteiger partial charge in [0.15, 0.2) is 5.96 Å². The third-order valence-corrected chi connectivity index (χ3v) is 5.42. The number of nitrogens with one attached hydrogen (secondary N) is 2. The van der Waals surface area contributed by atoms with Crippen molar-refractivity contribution in [2.75, 3.05) is 37.7 Å². The van der Waals surface area contributed by atoms with Crippen molar-refractivity contribution in [3.63, 3.8) is 0 Å². The molecule has 9 heteroatoms. The lowest BCUT2D eigenvalue weighted by molar-refractivity contribution is 0.122. The summed E-state index contributed by atoms with van der Waals surface area (Å²) in [5.41, 5.74) is 2.21. The number of halogens is 1. The van der Waals surface area contributed by atoms with Crippen LogP contribution in [-0.2, 0) is 17.8 Å². The zero-order valence-electron chi connectivity index (χ0n) is 16.7. The van der Waals surface area contributed by atoms with Gasteiger partial charge in [0.1, 0.15) is 5.82 Å². The highest BCUT2D eigenvalue weighted by molar-refractivity contribution is 14.0. The molecule has 0 spiro atoms. The molecular weight excluding hydrogens is 487 g/mol. The number of rotatable bonds is 6. The Morgan fingerprint density at radius 1 is 1.29 bits per heavy atom. The monoisotopic (exact) mass is 516 g/mol. The molecule has 0 aromatic carbocycles. The minimum Gasteiger partial charge on any atom is -0.378 e. The van der Waals surface area contributed by atoms with Gasteiger partial charge in [-0.1, -0.05) is 6.07 Å². The summed E-state index contributed by atoms with van der Waals surface area (Å²) in [6.45, 7) is 11.5. The second kappa shape index (κ2) is 11.5. The van der Waals surface area contributed by atoms with E-state index in [-0.39, 0.29) is 24.0 Å². The number of anilines is 1. The van der Waals surface area contributed by atoms with Crippen LogP contribution in [0.5, 0.6) is 0 Å². The summed E-state index contributed by atoms with van der Waals surface area (Å²) in [4.78, 5) is 17.4. The summed E-state index contributed by atoms with van der Waals surface area (Å²) in [6.07, 6.45) is 1.84. The molecule has 28 heavy (non-hydrogen) atoms. The Kier molecular flexibility index (Phi) is 9.39. The molecule has 0 aliphatic carbocycles. The molecule has 1 aliphatic rings. The summed E-state index contributed by atoms with van der Waals surface area (Å²) in [5.74, 6) is 1.81. The summed E-state index contributed by atoms with van der Waals surface area (Å²) >= 11 is 1.73. The van der Waals surface area contributed by atoms with E-state index in [1.54, 1.807) is 11.3 Å². The van der Waals surface area contributed by atoms with Crippen molar-refractivity contribution in [2.24, 2.45) is 4.99 Å². The number of hydrogen-bond acceptors (Lipinski definition) is 6. The number of nitrogens with zero attached hydrogens (tertiary/aromatic N) is 4. The fourth-order valence-corrected chi connectivity index (χ4v) is 3.90. The largest absolute Gasteiger partial charge is 0.378 e. The quantitative estimate of drug-likeness (QED) is 0.350. The van der Waals surface area contributed by atoms with E-state index >= 15 is 0 Å². The average Bonchev–Trinajstić information content (AvgIpc) is 3.02. The molecule has 7 nitrogen and oxygen atoms in total.